The molecule has 0 aliphatic carbocycles. The van der Waals surface area contributed by atoms with Crippen LogP contribution in [0, 0.1) is 0 Å². The lowest BCUT2D eigenvalue weighted by atomic mass is 9.95. The molecule has 1 nitrogen and oxygen atoms in total. The van der Waals surface area contributed by atoms with Gasteiger partial charge >= 0.3 is 0 Å². The molecular formula is C21H14O. The molecule has 1 aliphatic heterocycles. The van der Waals surface area contributed by atoms with Crippen LogP contribution in [0.1, 0.15) is 11.1 Å². The molecule has 1 aliphatic rings. The normalized spacial score (nSPS) is 12.7. The summed E-state index contributed by atoms with van der Waals surface area (Å²) in [7, 11) is 0. The van der Waals surface area contributed by atoms with Crippen LogP contribution >= 0.6 is 0 Å². The lowest BCUT2D eigenvalue weighted by Crippen LogP contribution is -2.03. The average Bonchev–Trinajstić information content (AvgIpc) is 2.56. The van der Waals surface area contributed by atoms with Crippen molar-refractivity contribution in [3.05, 3.63) is 83.9 Å². The largest absolute Gasteiger partial charge is 0.457 e. The van der Waals surface area contributed by atoms with E-state index in [0.29, 0.717) is 0 Å². The molecule has 0 atom stereocenters. The van der Waals surface area contributed by atoms with Crippen LogP contribution in [0.2, 0.25) is 0 Å². The number of benzene rings is 4. The zero-order valence-electron chi connectivity index (χ0n) is 12.0. The Balaban J connectivity index is 1.71. The van der Waals surface area contributed by atoms with Gasteiger partial charge in [-0.3, -0.25) is 0 Å². The van der Waals surface area contributed by atoms with Crippen molar-refractivity contribution >= 4 is 21.5 Å². The van der Waals surface area contributed by atoms with Crippen LogP contribution in [0.4, 0.5) is 0 Å². The first-order valence-electron chi connectivity index (χ1n) is 7.58. The fraction of sp³-hybridized carbons (Fsp3) is 0.0476. The molecule has 22 heavy (non-hydrogen) atoms. The molecule has 4 aromatic rings. The molecular weight excluding hydrogens is 268 g/mol. The van der Waals surface area contributed by atoms with Gasteiger partial charge in [0.05, 0.1) is 0 Å². The molecule has 0 aromatic heterocycles. The molecule has 0 unspecified atom stereocenters. The van der Waals surface area contributed by atoms with Gasteiger partial charge in [-0.1, -0.05) is 48.5 Å². The minimum absolute atomic E-state index is 0.931. The molecule has 1 heteroatoms. The summed E-state index contributed by atoms with van der Waals surface area (Å²) in [5, 5.41) is 5.00. The second-order valence-corrected chi connectivity index (χ2v) is 5.89. The third kappa shape index (κ3) is 1.72. The molecule has 0 amide bonds. The van der Waals surface area contributed by atoms with Crippen LogP contribution in [0.5, 0.6) is 11.5 Å². The zero-order chi connectivity index (χ0) is 14.5. The van der Waals surface area contributed by atoms with Gasteiger partial charge in [-0.05, 0) is 56.9 Å². The fourth-order valence-electron chi connectivity index (χ4n) is 3.32. The van der Waals surface area contributed by atoms with E-state index < -0.39 is 0 Å². The minimum Gasteiger partial charge on any atom is -0.457 e. The Kier molecular flexibility index (Phi) is 2.33. The third-order valence-corrected chi connectivity index (χ3v) is 4.46. The number of rotatable bonds is 0. The first kappa shape index (κ1) is 11.8. The van der Waals surface area contributed by atoms with Crippen molar-refractivity contribution in [3.63, 3.8) is 0 Å². The third-order valence-electron chi connectivity index (χ3n) is 4.46. The van der Waals surface area contributed by atoms with Crippen LogP contribution in [-0.4, -0.2) is 0 Å². The van der Waals surface area contributed by atoms with Gasteiger partial charge in [0.2, 0.25) is 0 Å². The van der Waals surface area contributed by atoms with Crippen molar-refractivity contribution in [1.29, 1.82) is 0 Å². The molecule has 0 N–H and O–H groups in total. The van der Waals surface area contributed by atoms with E-state index in [0.717, 1.165) is 17.9 Å². The molecule has 0 bridgehead atoms. The number of hydrogen-bond acceptors (Lipinski definition) is 1. The number of fused-ring (bicyclic) bond motifs is 4. The summed E-state index contributed by atoms with van der Waals surface area (Å²) in [6, 6.07) is 25.7. The van der Waals surface area contributed by atoms with Crippen LogP contribution in [0.15, 0.2) is 72.8 Å². The predicted molar refractivity (Wildman–Crippen MR) is 90.8 cm³/mol. The van der Waals surface area contributed by atoms with Crippen LogP contribution in [0.25, 0.3) is 21.5 Å². The molecule has 104 valence electrons. The summed E-state index contributed by atoms with van der Waals surface area (Å²) in [5.41, 5.74) is 2.53. The fourth-order valence-corrected chi connectivity index (χ4v) is 3.32. The van der Waals surface area contributed by atoms with Crippen molar-refractivity contribution in [2.45, 2.75) is 6.42 Å². The summed E-state index contributed by atoms with van der Waals surface area (Å²) >= 11 is 0. The topological polar surface area (TPSA) is 9.23 Å². The zero-order valence-corrected chi connectivity index (χ0v) is 12.0. The first-order chi connectivity index (χ1) is 10.9. The van der Waals surface area contributed by atoms with Gasteiger partial charge in [-0.25, -0.2) is 0 Å². The lowest BCUT2D eigenvalue weighted by Gasteiger charge is -2.21. The Morgan fingerprint density at radius 3 is 1.41 bits per heavy atom. The Bertz CT molecular complexity index is 864. The molecule has 0 saturated heterocycles. The van der Waals surface area contributed by atoms with Gasteiger partial charge in [0.1, 0.15) is 11.5 Å². The quantitative estimate of drug-likeness (QED) is 0.354. The summed E-state index contributed by atoms with van der Waals surface area (Å²) < 4.78 is 6.19. The predicted octanol–water partition coefficient (Wildman–Crippen LogP) is 5.69. The Morgan fingerprint density at radius 2 is 0.955 bits per heavy atom. The first-order valence-corrected chi connectivity index (χ1v) is 7.58. The van der Waals surface area contributed by atoms with Crippen LogP contribution in [0.3, 0.4) is 0 Å². The van der Waals surface area contributed by atoms with E-state index in [4.69, 9.17) is 4.74 Å². The maximum Gasteiger partial charge on any atom is 0.131 e. The summed E-state index contributed by atoms with van der Waals surface area (Å²) in [4.78, 5) is 0. The van der Waals surface area contributed by atoms with Gasteiger partial charge in [-0.15, -0.1) is 0 Å². The SMILES string of the molecule is c1ccc2cc3c(cc2c1)Cc1cc2ccccc2cc1O3. The van der Waals surface area contributed by atoms with Gasteiger partial charge in [0.15, 0.2) is 0 Å². The van der Waals surface area contributed by atoms with E-state index in [9.17, 15) is 0 Å². The Hall–Kier alpha value is -2.80. The molecule has 0 saturated carbocycles. The van der Waals surface area contributed by atoms with Gasteiger partial charge in [0.25, 0.3) is 0 Å². The summed E-state index contributed by atoms with van der Waals surface area (Å²) in [5.74, 6) is 1.97. The van der Waals surface area contributed by atoms with Crippen molar-refractivity contribution in [1.82, 2.24) is 0 Å². The van der Waals surface area contributed by atoms with Gasteiger partial charge < -0.3 is 4.74 Å². The summed E-state index contributed by atoms with van der Waals surface area (Å²) in [6.45, 7) is 0. The van der Waals surface area contributed by atoms with Gasteiger partial charge in [0, 0.05) is 6.42 Å². The molecule has 5 rings (SSSR count). The molecule has 0 spiro atoms. The maximum atomic E-state index is 6.19. The minimum atomic E-state index is 0.931. The van der Waals surface area contributed by atoms with Crippen molar-refractivity contribution < 1.29 is 4.74 Å². The molecule has 0 fully saturated rings. The summed E-state index contributed by atoms with van der Waals surface area (Å²) in [6.07, 6.45) is 0.931. The van der Waals surface area contributed by atoms with E-state index in [1.54, 1.807) is 0 Å². The van der Waals surface area contributed by atoms with Crippen molar-refractivity contribution in [2.24, 2.45) is 0 Å². The van der Waals surface area contributed by atoms with E-state index in [2.05, 4.69) is 72.8 Å². The highest BCUT2D eigenvalue weighted by atomic mass is 16.5. The van der Waals surface area contributed by atoms with Crippen molar-refractivity contribution in [3.8, 4) is 11.5 Å². The second-order valence-electron chi connectivity index (χ2n) is 5.89. The number of hydrogen-bond donors (Lipinski definition) is 0. The average molecular weight is 282 g/mol. The number of ether oxygens (including phenoxy) is 1. The van der Waals surface area contributed by atoms with E-state index in [1.165, 1.54) is 32.7 Å². The second kappa shape index (κ2) is 4.35. The van der Waals surface area contributed by atoms with E-state index >= 15 is 0 Å². The molecule has 4 aromatic carbocycles. The van der Waals surface area contributed by atoms with Crippen LogP contribution in [-0.2, 0) is 6.42 Å². The highest BCUT2D eigenvalue weighted by molar-refractivity contribution is 5.88. The Labute approximate surface area is 128 Å². The molecule has 0 radical (unpaired) electrons. The smallest absolute Gasteiger partial charge is 0.131 e. The van der Waals surface area contributed by atoms with E-state index in [1.807, 2.05) is 0 Å². The monoisotopic (exact) mass is 282 g/mol. The maximum absolute atomic E-state index is 6.19. The molecule has 1 heterocycles. The van der Waals surface area contributed by atoms with E-state index in [-0.39, 0.29) is 0 Å². The highest BCUT2D eigenvalue weighted by Gasteiger charge is 2.18. The van der Waals surface area contributed by atoms with Crippen LogP contribution < -0.4 is 4.74 Å². The lowest BCUT2D eigenvalue weighted by molar-refractivity contribution is 0.462. The van der Waals surface area contributed by atoms with Crippen molar-refractivity contribution in [2.75, 3.05) is 0 Å². The van der Waals surface area contributed by atoms with Gasteiger partial charge in [-0.2, -0.15) is 0 Å². The Morgan fingerprint density at radius 1 is 0.545 bits per heavy atom. The standard InChI is InChI=1S/C21H14O/c1-3-7-16-12-20-18(9-14(16)5-1)11-19-10-15-6-2-4-8-17(15)13-21(19)22-20/h1-10,12-13H,11H2. The highest BCUT2D eigenvalue weighted by Crippen LogP contribution is 2.40.